The number of hydrogen-bond acceptors (Lipinski definition) is 2. The first-order valence-electron chi connectivity index (χ1n) is 2.19. The third-order valence-corrected chi connectivity index (χ3v) is 0.782. The van der Waals surface area contributed by atoms with Crippen LogP contribution in [0.4, 0.5) is 4.39 Å². The second kappa shape index (κ2) is 3.74. The zero-order chi connectivity index (χ0) is 6.57. The minimum atomic E-state index is -1.01. The van der Waals surface area contributed by atoms with E-state index in [1.165, 1.54) is 0 Å². The van der Waals surface area contributed by atoms with Crippen molar-refractivity contribution < 1.29 is 9.50 Å². The van der Waals surface area contributed by atoms with Gasteiger partial charge in [-0.15, -0.1) is 0 Å². The molecular formula is C4H8FNOS. The Kier molecular flexibility index (Phi) is 3.64. The van der Waals surface area contributed by atoms with Crippen molar-refractivity contribution in [1.82, 2.24) is 0 Å². The Balaban J connectivity index is 3.24. The molecule has 3 N–H and O–H groups in total. The van der Waals surface area contributed by atoms with Crippen LogP contribution in [-0.2, 0) is 0 Å². The molecule has 0 saturated heterocycles. The Labute approximate surface area is 52.5 Å². The van der Waals surface area contributed by atoms with Gasteiger partial charge in [0, 0.05) is 6.42 Å². The van der Waals surface area contributed by atoms with Crippen LogP contribution in [0.1, 0.15) is 6.42 Å². The predicted molar refractivity (Wildman–Crippen MR) is 33.4 cm³/mol. The van der Waals surface area contributed by atoms with Gasteiger partial charge in [-0.1, -0.05) is 12.2 Å². The second-order valence-electron chi connectivity index (χ2n) is 1.48. The topological polar surface area (TPSA) is 46.2 Å². The van der Waals surface area contributed by atoms with Crippen LogP contribution in [0, 0.1) is 0 Å². The van der Waals surface area contributed by atoms with Crippen molar-refractivity contribution in [2.75, 3.05) is 6.67 Å². The van der Waals surface area contributed by atoms with Gasteiger partial charge in [-0.3, -0.25) is 0 Å². The molecule has 0 radical (unpaired) electrons. The first kappa shape index (κ1) is 7.78. The number of aliphatic hydroxyl groups excluding tert-OH is 1. The van der Waals surface area contributed by atoms with E-state index >= 15 is 0 Å². The highest BCUT2D eigenvalue weighted by molar-refractivity contribution is 7.80. The molecule has 0 spiro atoms. The van der Waals surface area contributed by atoms with Gasteiger partial charge in [0.05, 0.1) is 11.1 Å². The van der Waals surface area contributed by atoms with Crippen LogP contribution >= 0.6 is 12.2 Å². The Morgan fingerprint density at radius 2 is 2.38 bits per heavy atom. The second-order valence-corrected chi connectivity index (χ2v) is 2.00. The lowest BCUT2D eigenvalue weighted by molar-refractivity contribution is 0.147. The molecular weight excluding hydrogens is 129 g/mol. The molecule has 0 heterocycles. The summed E-state index contributed by atoms with van der Waals surface area (Å²) in [4.78, 5) is 0.148. The maximum atomic E-state index is 11.4. The molecule has 2 nitrogen and oxygen atoms in total. The maximum absolute atomic E-state index is 11.4. The van der Waals surface area contributed by atoms with Gasteiger partial charge >= 0.3 is 0 Å². The van der Waals surface area contributed by atoms with Gasteiger partial charge in [0.15, 0.2) is 0 Å². The van der Waals surface area contributed by atoms with E-state index in [1.54, 1.807) is 0 Å². The molecule has 0 fully saturated rings. The summed E-state index contributed by atoms with van der Waals surface area (Å²) in [6, 6.07) is 0. The summed E-state index contributed by atoms with van der Waals surface area (Å²) in [6.45, 7) is -0.780. The molecule has 0 aliphatic heterocycles. The number of thiocarbonyl (C=S) groups is 1. The van der Waals surface area contributed by atoms with Crippen LogP contribution < -0.4 is 5.73 Å². The fourth-order valence-electron chi connectivity index (χ4n) is 0.287. The summed E-state index contributed by atoms with van der Waals surface area (Å²) in [6.07, 6.45) is -0.932. The average Bonchev–Trinajstić information content (AvgIpc) is 1.65. The number of alkyl halides is 1. The van der Waals surface area contributed by atoms with Crippen LogP contribution in [0.2, 0.25) is 0 Å². The molecule has 0 aromatic rings. The molecule has 0 amide bonds. The molecule has 0 aliphatic rings. The van der Waals surface area contributed by atoms with Crippen molar-refractivity contribution in [3.8, 4) is 0 Å². The van der Waals surface area contributed by atoms with Gasteiger partial charge in [0.1, 0.15) is 6.67 Å². The highest BCUT2D eigenvalue weighted by atomic mass is 32.1. The SMILES string of the molecule is NC(=S)CC(O)CF. The van der Waals surface area contributed by atoms with Gasteiger partial charge in [0.2, 0.25) is 0 Å². The standard InChI is InChI=1S/C4H8FNOS/c5-2-3(7)1-4(6)8/h3,7H,1-2H2,(H2,6,8). The Hall–Kier alpha value is -0.220. The van der Waals surface area contributed by atoms with Gasteiger partial charge < -0.3 is 10.8 Å². The van der Waals surface area contributed by atoms with Crippen molar-refractivity contribution in [2.45, 2.75) is 12.5 Å². The molecule has 0 bridgehead atoms. The molecule has 0 saturated carbocycles. The number of aliphatic hydroxyl groups is 1. The molecule has 0 aliphatic carbocycles. The van der Waals surface area contributed by atoms with E-state index in [4.69, 9.17) is 10.8 Å². The van der Waals surface area contributed by atoms with Crippen LogP contribution in [-0.4, -0.2) is 22.9 Å². The van der Waals surface area contributed by atoms with E-state index < -0.39 is 12.8 Å². The summed E-state index contributed by atoms with van der Waals surface area (Å²) >= 11 is 4.39. The predicted octanol–water partition coefficient (Wildman–Crippen LogP) is -0.00700. The fourth-order valence-corrected chi connectivity index (χ4v) is 0.479. The number of rotatable bonds is 3. The summed E-state index contributed by atoms with van der Waals surface area (Å²) < 4.78 is 11.4. The smallest absolute Gasteiger partial charge is 0.116 e. The van der Waals surface area contributed by atoms with E-state index in [2.05, 4.69) is 12.2 Å². The number of hydrogen-bond donors (Lipinski definition) is 2. The van der Waals surface area contributed by atoms with E-state index in [1.807, 2.05) is 0 Å². The molecule has 1 atom stereocenters. The zero-order valence-electron chi connectivity index (χ0n) is 4.30. The third-order valence-electron chi connectivity index (χ3n) is 0.615. The molecule has 4 heteroatoms. The largest absolute Gasteiger partial charge is 0.393 e. The monoisotopic (exact) mass is 137 g/mol. The maximum Gasteiger partial charge on any atom is 0.116 e. The van der Waals surface area contributed by atoms with E-state index in [9.17, 15) is 4.39 Å². The molecule has 0 rings (SSSR count). The normalized spacial score (nSPS) is 13.2. The Bertz CT molecular complexity index is 88.1. The van der Waals surface area contributed by atoms with Crippen molar-refractivity contribution in [3.63, 3.8) is 0 Å². The van der Waals surface area contributed by atoms with Gasteiger partial charge in [-0.2, -0.15) is 0 Å². The van der Waals surface area contributed by atoms with Gasteiger partial charge in [-0.25, -0.2) is 4.39 Å². The van der Waals surface area contributed by atoms with Crippen LogP contribution in [0.25, 0.3) is 0 Å². The van der Waals surface area contributed by atoms with Crippen molar-refractivity contribution in [1.29, 1.82) is 0 Å². The summed E-state index contributed by atoms with van der Waals surface area (Å²) in [5.41, 5.74) is 4.97. The summed E-state index contributed by atoms with van der Waals surface area (Å²) in [5, 5.41) is 8.49. The Morgan fingerprint density at radius 1 is 1.88 bits per heavy atom. The van der Waals surface area contributed by atoms with E-state index in [-0.39, 0.29) is 11.4 Å². The first-order chi connectivity index (χ1) is 3.66. The quantitative estimate of drug-likeness (QED) is 0.538. The summed E-state index contributed by atoms with van der Waals surface area (Å²) in [5.74, 6) is 0. The van der Waals surface area contributed by atoms with Crippen molar-refractivity contribution >= 4 is 17.2 Å². The molecule has 8 heavy (non-hydrogen) atoms. The van der Waals surface area contributed by atoms with E-state index in [0.717, 1.165) is 0 Å². The fraction of sp³-hybridized carbons (Fsp3) is 0.750. The minimum absolute atomic E-state index is 0.0752. The lowest BCUT2D eigenvalue weighted by Gasteiger charge is -2.01. The average molecular weight is 137 g/mol. The van der Waals surface area contributed by atoms with Crippen LogP contribution in [0.15, 0.2) is 0 Å². The molecule has 48 valence electrons. The van der Waals surface area contributed by atoms with Gasteiger partial charge in [-0.05, 0) is 0 Å². The first-order valence-corrected chi connectivity index (χ1v) is 2.60. The molecule has 0 aromatic heterocycles. The molecule has 1 unspecified atom stereocenters. The van der Waals surface area contributed by atoms with Crippen molar-refractivity contribution in [2.24, 2.45) is 5.73 Å². The number of nitrogens with two attached hydrogens (primary N) is 1. The van der Waals surface area contributed by atoms with Crippen LogP contribution in [0.3, 0.4) is 0 Å². The van der Waals surface area contributed by atoms with Crippen LogP contribution in [0.5, 0.6) is 0 Å². The van der Waals surface area contributed by atoms with Crippen molar-refractivity contribution in [3.05, 3.63) is 0 Å². The lowest BCUT2D eigenvalue weighted by atomic mass is 10.3. The highest BCUT2D eigenvalue weighted by Crippen LogP contribution is 1.90. The Morgan fingerprint density at radius 3 is 2.50 bits per heavy atom. The van der Waals surface area contributed by atoms with Gasteiger partial charge in [0.25, 0.3) is 0 Å². The zero-order valence-corrected chi connectivity index (χ0v) is 5.12. The molecule has 0 aromatic carbocycles. The van der Waals surface area contributed by atoms with E-state index in [0.29, 0.717) is 0 Å². The lowest BCUT2D eigenvalue weighted by Crippen LogP contribution is -2.19. The third kappa shape index (κ3) is 3.95. The minimum Gasteiger partial charge on any atom is -0.393 e. The number of halogens is 1. The highest BCUT2D eigenvalue weighted by Gasteiger charge is 2.02. The summed E-state index contributed by atoms with van der Waals surface area (Å²) in [7, 11) is 0.